The van der Waals surface area contributed by atoms with Crippen molar-refractivity contribution in [3.8, 4) is 0 Å². The number of rotatable bonds is 10. The number of allylic oxidation sites excluding steroid dienone is 4. The summed E-state index contributed by atoms with van der Waals surface area (Å²) >= 11 is 0. The van der Waals surface area contributed by atoms with Gasteiger partial charge in [-0.05, 0) is 129 Å². The third-order valence-corrected chi connectivity index (χ3v) is 22.6. The van der Waals surface area contributed by atoms with Crippen LogP contribution in [0.5, 0.6) is 0 Å². The molecule has 4 aliphatic rings. The van der Waals surface area contributed by atoms with Crippen molar-refractivity contribution in [2.75, 3.05) is 6.61 Å². The van der Waals surface area contributed by atoms with E-state index >= 15 is 0 Å². The zero-order chi connectivity index (χ0) is 37.1. The lowest BCUT2D eigenvalue weighted by Gasteiger charge is -2.45. The van der Waals surface area contributed by atoms with E-state index in [0.29, 0.717) is 5.92 Å². The molecule has 0 saturated heterocycles. The Morgan fingerprint density at radius 1 is 0.920 bits per heavy atom. The molecule has 0 aromatic heterocycles. The van der Waals surface area contributed by atoms with Crippen molar-refractivity contribution in [3.63, 3.8) is 0 Å². The summed E-state index contributed by atoms with van der Waals surface area (Å²) in [7, 11) is -3.98. The van der Waals surface area contributed by atoms with Crippen molar-refractivity contribution >= 4 is 22.6 Å². The fourth-order valence-corrected chi connectivity index (χ4v) is 11.0. The molecule has 3 fully saturated rings. The Morgan fingerprint density at radius 2 is 1.52 bits per heavy atom. The Morgan fingerprint density at radius 3 is 2.14 bits per heavy atom. The molecule has 0 aromatic rings. The Labute approximate surface area is 309 Å². The van der Waals surface area contributed by atoms with E-state index in [4.69, 9.17) is 18.3 Å². The van der Waals surface area contributed by atoms with Gasteiger partial charge in [0.25, 0.3) is 0 Å². The molecule has 0 bridgehead atoms. The normalized spacial score (nSPS) is 30.1. The minimum absolute atomic E-state index is 0.0165. The molecule has 0 aliphatic heterocycles. The topological polar surface area (TPSA) is 54.0 Å². The first-order valence-electron chi connectivity index (χ1n) is 20.1. The molecule has 7 heteroatoms. The summed E-state index contributed by atoms with van der Waals surface area (Å²) in [6.07, 6.45) is 21.6. The van der Waals surface area contributed by atoms with Crippen LogP contribution >= 0.6 is 0 Å². The van der Waals surface area contributed by atoms with Gasteiger partial charge < -0.3 is 18.3 Å². The predicted molar refractivity (Wildman–Crippen MR) is 214 cm³/mol. The highest BCUT2D eigenvalue weighted by molar-refractivity contribution is 6.74. The molecule has 284 valence electrons. The molecule has 50 heavy (non-hydrogen) atoms. The number of ether oxygens (including phenoxy) is 2. The van der Waals surface area contributed by atoms with Crippen molar-refractivity contribution in [2.45, 2.75) is 200 Å². The maximum atomic E-state index is 12.8. The van der Waals surface area contributed by atoms with Gasteiger partial charge in [0.05, 0.1) is 18.3 Å². The summed E-state index contributed by atoms with van der Waals surface area (Å²) in [5.74, 6) is 0.240. The van der Waals surface area contributed by atoms with Crippen LogP contribution in [-0.4, -0.2) is 53.6 Å². The number of carbonyl (C=O) groups excluding carboxylic acids is 1. The maximum absolute atomic E-state index is 12.8. The Hall–Kier alpha value is -1.26. The second-order valence-electron chi connectivity index (χ2n) is 19.4. The Bertz CT molecular complexity index is 1290. The molecule has 1 unspecified atom stereocenters. The number of fused-ring (bicyclic) bond motifs is 1. The predicted octanol–water partition coefficient (Wildman–Crippen LogP) is 12.2. The fourth-order valence-electron chi connectivity index (χ4n) is 8.29. The van der Waals surface area contributed by atoms with Gasteiger partial charge in [-0.25, -0.2) is 4.79 Å². The molecule has 5 nitrogen and oxygen atoms in total. The quantitative estimate of drug-likeness (QED) is 0.127. The van der Waals surface area contributed by atoms with E-state index in [2.05, 4.69) is 106 Å². The third kappa shape index (κ3) is 10.0. The van der Waals surface area contributed by atoms with Crippen molar-refractivity contribution in [1.29, 1.82) is 0 Å². The fraction of sp³-hybridized carbons (Fsp3) is 0.791. The summed E-state index contributed by atoms with van der Waals surface area (Å²) in [4.78, 5) is 12.8. The summed E-state index contributed by atoms with van der Waals surface area (Å²) in [5, 5.41) is 0.278. The molecule has 3 saturated carbocycles. The van der Waals surface area contributed by atoms with E-state index in [1.165, 1.54) is 36.0 Å². The molecule has 0 amide bonds. The van der Waals surface area contributed by atoms with Crippen molar-refractivity contribution in [3.05, 3.63) is 47.1 Å². The van der Waals surface area contributed by atoms with Crippen molar-refractivity contribution in [2.24, 2.45) is 11.3 Å². The van der Waals surface area contributed by atoms with E-state index in [-0.39, 0.29) is 52.5 Å². The molecule has 0 spiro atoms. The summed E-state index contributed by atoms with van der Waals surface area (Å²) < 4.78 is 26.3. The van der Waals surface area contributed by atoms with E-state index in [9.17, 15) is 4.79 Å². The van der Waals surface area contributed by atoms with E-state index in [0.717, 1.165) is 69.8 Å². The van der Waals surface area contributed by atoms with Crippen LogP contribution in [0.4, 0.5) is 0 Å². The second kappa shape index (κ2) is 16.4. The zero-order valence-electron chi connectivity index (χ0n) is 34.3. The van der Waals surface area contributed by atoms with Crippen molar-refractivity contribution in [1.82, 2.24) is 0 Å². The molecular weight excluding hydrogens is 653 g/mol. The molecular formula is C43H74O5Si2. The van der Waals surface area contributed by atoms with Crippen LogP contribution in [0.3, 0.4) is 0 Å². The number of hydrogen-bond donors (Lipinski definition) is 0. The van der Waals surface area contributed by atoms with Gasteiger partial charge in [0, 0.05) is 6.42 Å². The lowest BCUT2D eigenvalue weighted by atomic mass is 9.63. The second-order valence-corrected chi connectivity index (χ2v) is 28.9. The lowest BCUT2D eigenvalue weighted by Crippen LogP contribution is -2.49. The monoisotopic (exact) mass is 727 g/mol. The smallest absolute Gasteiger partial charge is 0.332 e. The average molecular weight is 727 g/mol. The maximum Gasteiger partial charge on any atom is 0.332 e. The molecule has 0 radical (unpaired) electrons. The minimum Gasteiger partial charge on any atom is -0.461 e. The SMILES string of the molecule is C=C1/C(=C\C=C2/CCC[C@]3(C)C(C(C)OCC(=O)OC4CCCCCCC4)=CC[C@@H]23)C[C@@H](O[Si](C)(C)C(C)(C)C)C[C@@H]1O[Si](C)(C)C(C)(C)C. The van der Waals surface area contributed by atoms with Crippen LogP contribution in [0, 0.1) is 11.3 Å². The van der Waals surface area contributed by atoms with Gasteiger partial charge in [-0.2, -0.15) is 0 Å². The van der Waals surface area contributed by atoms with E-state index < -0.39 is 16.6 Å². The molecule has 0 N–H and O–H groups in total. The Balaban J connectivity index is 1.48. The number of hydrogen-bond acceptors (Lipinski definition) is 5. The largest absolute Gasteiger partial charge is 0.461 e. The third-order valence-electron chi connectivity index (χ3n) is 13.6. The van der Waals surface area contributed by atoms with Gasteiger partial charge in [0.15, 0.2) is 16.6 Å². The average Bonchev–Trinajstić information content (AvgIpc) is 3.34. The van der Waals surface area contributed by atoms with Gasteiger partial charge in [0.1, 0.15) is 12.7 Å². The molecule has 4 rings (SSSR count). The number of esters is 1. The minimum atomic E-state index is -2.01. The van der Waals surface area contributed by atoms with Gasteiger partial charge in [-0.15, -0.1) is 0 Å². The van der Waals surface area contributed by atoms with Gasteiger partial charge >= 0.3 is 5.97 Å². The van der Waals surface area contributed by atoms with Crippen LogP contribution in [0.25, 0.3) is 0 Å². The summed E-state index contributed by atoms with van der Waals surface area (Å²) in [6.45, 7) is 32.6. The zero-order valence-corrected chi connectivity index (χ0v) is 36.3. The Kier molecular flexibility index (Phi) is 13.6. The number of carbonyl (C=O) groups is 1. The van der Waals surface area contributed by atoms with Crippen LogP contribution in [0.1, 0.15) is 139 Å². The van der Waals surface area contributed by atoms with Gasteiger partial charge in [-0.1, -0.05) is 98.1 Å². The van der Waals surface area contributed by atoms with Gasteiger partial charge in [-0.3, -0.25) is 0 Å². The highest BCUT2D eigenvalue weighted by Gasteiger charge is 2.47. The summed E-state index contributed by atoms with van der Waals surface area (Å²) in [5.41, 5.74) is 5.34. The molecule has 4 aliphatic carbocycles. The molecule has 0 heterocycles. The highest BCUT2D eigenvalue weighted by Crippen LogP contribution is 2.56. The van der Waals surface area contributed by atoms with E-state index in [1.54, 1.807) is 0 Å². The standard InChI is InChI=1S/C43H74O5Si2/c1-31-34(28-36(47-49(10,11)41(3,4)5)29-39(31)48-50(12,13)42(6,7)8)24-23-33-20-19-27-43(9)37(25-26-38(33)43)32(2)45-30-40(44)46-35-21-17-15-14-16-18-22-35/h23-25,32,35-36,38-39H,1,14-22,26-30H2,2-13H3/b33-23+,34-24-/t32?,36-,38+,39+,43-/m1/s1. The van der Waals surface area contributed by atoms with Crippen LogP contribution in [-0.2, 0) is 23.1 Å². The van der Waals surface area contributed by atoms with Crippen LogP contribution in [0.2, 0.25) is 36.3 Å². The first-order valence-corrected chi connectivity index (χ1v) is 25.9. The van der Waals surface area contributed by atoms with Crippen molar-refractivity contribution < 1.29 is 23.1 Å². The lowest BCUT2D eigenvalue weighted by molar-refractivity contribution is -0.156. The first-order chi connectivity index (χ1) is 23.1. The van der Waals surface area contributed by atoms with E-state index in [1.807, 2.05) is 0 Å². The van der Waals surface area contributed by atoms with Gasteiger partial charge in [0.2, 0.25) is 0 Å². The van der Waals surface area contributed by atoms with Crippen LogP contribution < -0.4 is 0 Å². The molecule has 0 aromatic carbocycles. The molecule has 5 atom stereocenters. The first kappa shape index (κ1) is 41.5. The highest BCUT2D eigenvalue weighted by atomic mass is 28.4. The van der Waals surface area contributed by atoms with Crippen LogP contribution in [0.15, 0.2) is 47.1 Å². The summed E-state index contributed by atoms with van der Waals surface area (Å²) in [6, 6.07) is 0.